The fourth-order valence-electron chi connectivity index (χ4n) is 1.43. The second-order valence-corrected chi connectivity index (χ2v) is 4.30. The number of nitrogens with one attached hydrogen (secondary N) is 2. The molecule has 0 spiro atoms. The molecule has 0 saturated heterocycles. The maximum atomic E-state index is 11.3. The van der Waals surface area contributed by atoms with Crippen molar-refractivity contribution in [2.75, 3.05) is 26.4 Å². The Morgan fingerprint density at radius 3 is 1.85 bits per heavy atom. The number of carbonyl (C=O) groups excluding carboxylic acids is 3. The minimum absolute atomic E-state index is 0.00634. The second-order valence-electron chi connectivity index (χ2n) is 4.30. The summed E-state index contributed by atoms with van der Waals surface area (Å²) in [6.45, 7) is 7.75. The fourth-order valence-corrected chi connectivity index (χ4v) is 1.43. The average Bonchev–Trinajstić information content (AvgIpc) is 3.03. The van der Waals surface area contributed by atoms with Crippen LogP contribution < -0.4 is 5.56 Å². The van der Waals surface area contributed by atoms with Crippen LogP contribution in [0.3, 0.4) is 0 Å². The summed E-state index contributed by atoms with van der Waals surface area (Å²) in [4.78, 5) is 44.2. The molecule has 0 atom stereocenters. The molecule has 1 aromatic rings. The van der Waals surface area contributed by atoms with Crippen LogP contribution in [0.4, 0.5) is 0 Å². The van der Waals surface area contributed by atoms with Gasteiger partial charge in [0.05, 0.1) is 26.4 Å². The van der Waals surface area contributed by atoms with E-state index in [4.69, 9.17) is 4.74 Å². The minimum Gasteiger partial charge on any atom is -0.500 e. The number of esters is 3. The Morgan fingerprint density at radius 2 is 1.46 bits per heavy atom. The molecule has 10 nitrogen and oxygen atoms in total. The van der Waals surface area contributed by atoms with E-state index in [1.54, 1.807) is 27.7 Å². The van der Waals surface area contributed by atoms with Gasteiger partial charge in [0.15, 0.2) is 5.57 Å². The van der Waals surface area contributed by atoms with Crippen LogP contribution in [-0.4, -0.2) is 54.5 Å². The molecule has 0 aromatic carbocycles. The Kier molecular flexibility index (Phi) is 11.7. The Labute approximate surface area is 150 Å². The molecule has 1 rings (SSSR count). The topological polar surface area (TPSA) is 137 Å². The van der Waals surface area contributed by atoms with Crippen LogP contribution in [0, 0.1) is 0 Å². The van der Waals surface area contributed by atoms with Gasteiger partial charge in [0.25, 0.3) is 5.56 Å². The molecule has 2 N–H and O–H groups in total. The summed E-state index contributed by atoms with van der Waals surface area (Å²) in [7, 11) is 0. The predicted molar refractivity (Wildman–Crippen MR) is 90.3 cm³/mol. The maximum Gasteiger partial charge on any atom is 0.348 e. The number of aromatic nitrogens is 2. The van der Waals surface area contributed by atoms with Gasteiger partial charge >= 0.3 is 17.9 Å². The van der Waals surface area contributed by atoms with Gasteiger partial charge in [-0.05, 0) is 27.7 Å². The van der Waals surface area contributed by atoms with Gasteiger partial charge in [-0.3, -0.25) is 9.89 Å². The normalized spacial score (nSPS) is 9.23. The van der Waals surface area contributed by atoms with Crippen LogP contribution in [0.2, 0.25) is 0 Å². The molecule has 0 saturated carbocycles. The van der Waals surface area contributed by atoms with Gasteiger partial charge in [-0.25, -0.2) is 14.4 Å². The summed E-state index contributed by atoms with van der Waals surface area (Å²) in [6.07, 6.45) is 2.34. The largest absolute Gasteiger partial charge is 0.500 e. The van der Waals surface area contributed by atoms with Gasteiger partial charge in [0, 0.05) is 6.20 Å². The standard InChI is InChI=1S/C10H16O5.C6H8N2O3/c1-4-13-7-8(9(11)14-5-2)10(12)15-6-3;1-2-11-6(10)4-3-7-8-5(4)9/h7H,4-6H2,1-3H3;3H,2H2,1H3,(H2,7,8,9). The lowest BCUT2D eigenvalue weighted by molar-refractivity contribution is -0.146. The Hall–Kier alpha value is -3.04. The number of H-pyrrole nitrogens is 2. The van der Waals surface area contributed by atoms with Gasteiger partial charge in [-0.15, -0.1) is 0 Å². The highest BCUT2D eigenvalue weighted by Gasteiger charge is 2.21. The predicted octanol–water partition coefficient (Wildman–Crippen LogP) is 0.913. The van der Waals surface area contributed by atoms with Crippen molar-refractivity contribution < 1.29 is 33.3 Å². The molecule has 0 radical (unpaired) electrons. The summed E-state index contributed by atoms with van der Waals surface area (Å²) in [5, 5.41) is 4.63. The Morgan fingerprint density at radius 1 is 0.923 bits per heavy atom. The van der Waals surface area contributed by atoms with Crippen molar-refractivity contribution in [1.82, 2.24) is 10.2 Å². The van der Waals surface area contributed by atoms with E-state index < -0.39 is 23.5 Å². The molecule has 0 aliphatic carbocycles. The average molecular weight is 372 g/mol. The van der Waals surface area contributed by atoms with Gasteiger partial charge in [-0.2, -0.15) is 0 Å². The third-order valence-corrected chi connectivity index (χ3v) is 2.50. The number of carbonyl (C=O) groups is 3. The maximum absolute atomic E-state index is 11.3. The SMILES string of the molecule is CCOC(=O)c1c[nH][nH]c1=O.CCOC=C(C(=O)OCC)C(=O)OCC. The smallest absolute Gasteiger partial charge is 0.348 e. The molecule has 0 unspecified atom stereocenters. The number of hydrogen-bond donors (Lipinski definition) is 2. The van der Waals surface area contributed by atoms with E-state index in [0.29, 0.717) is 6.61 Å². The first-order valence-electron chi connectivity index (χ1n) is 8.01. The van der Waals surface area contributed by atoms with E-state index in [-0.39, 0.29) is 31.0 Å². The fraction of sp³-hybridized carbons (Fsp3) is 0.500. The number of hydrogen-bond acceptors (Lipinski definition) is 8. The molecule has 26 heavy (non-hydrogen) atoms. The molecule has 0 fully saturated rings. The highest BCUT2D eigenvalue weighted by Crippen LogP contribution is 2.02. The van der Waals surface area contributed by atoms with E-state index in [9.17, 15) is 19.2 Å². The highest BCUT2D eigenvalue weighted by atomic mass is 16.6. The zero-order valence-electron chi connectivity index (χ0n) is 15.2. The summed E-state index contributed by atoms with van der Waals surface area (Å²) < 4.78 is 18.8. The molecule has 10 heteroatoms. The number of rotatable bonds is 8. The summed E-state index contributed by atoms with van der Waals surface area (Å²) >= 11 is 0. The van der Waals surface area contributed by atoms with Crippen LogP contribution in [0.25, 0.3) is 0 Å². The summed E-state index contributed by atoms with van der Waals surface area (Å²) in [5.74, 6) is -2.07. The molecule has 1 aromatic heterocycles. The van der Waals surface area contributed by atoms with E-state index in [1.807, 2.05) is 0 Å². The van der Waals surface area contributed by atoms with Crippen LogP contribution in [-0.2, 0) is 28.5 Å². The molecular weight excluding hydrogens is 348 g/mol. The Balaban J connectivity index is 0.000000502. The van der Waals surface area contributed by atoms with Crippen molar-refractivity contribution in [3.63, 3.8) is 0 Å². The van der Waals surface area contributed by atoms with Gasteiger partial charge in [0.1, 0.15) is 11.8 Å². The van der Waals surface area contributed by atoms with Crippen molar-refractivity contribution >= 4 is 17.9 Å². The van der Waals surface area contributed by atoms with Crippen LogP contribution in [0.15, 0.2) is 22.8 Å². The quantitative estimate of drug-likeness (QED) is 0.172. The number of ether oxygens (including phenoxy) is 4. The second kappa shape index (κ2) is 13.3. The molecule has 1 heterocycles. The van der Waals surface area contributed by atoms with Gasteiger partial charge in [-0.1, -0.05) is 0 Å². The van der Waals surface area contributed by atoms with Crippen LogP contribution in [0.1, 0.15) is 38.1 Å². The lowest BCUT2D eigenvalue weighted by Gasteiger charge is -2.06. The van der Waals surface area contributed by atoms with Crippen molar-refractivity contribution in [3.05, 3.63) is 33.9 Å². The summed E-state index contributed by atoms with van der Waals surface area (Å²) in [5.41, 5.74) is -0.671. The molecule has 0 aliphatic heterocycles. The summed E-state index contributed by atoms with van der Waals surface area (Å²) in [6, 6.07) is 0. The lowest BCUT2D eigenvalue weighted by Crippen LogP contribution is -2.18. The first kappa shape index (κ1) is 23.0. The van der Waals surface area contributed by atoms with Crippen LogP contribution >= 0.6 is 0 Å². The van der Waals surface area contributed by atoms with E-state index in [0.717, 1.165) is 6.26 Å². The minimum atomic E-state index is -0.732. The van der Waals surface area contributed by atoms with Crippen molar-refractivity contribution in [2.24, 2.45) is 0 Å². The third-order valence-electron chi connectivity index (χ3n) is 2.50. The van der Waals surface area contributed by atoms with Crippen molar-refractivity contribution in [3.8, 4) is 0 Å². The molecule has 0 aliphatic rings. The van der Waals surface area contributed by atoms with Crippen molar-refractivity contribution in [2.45, 2.75) is 27.7 Å². The third kappa shape index (κ3) is 8.18. The lowest BCUT2D eigenvalue weighted by atomic mass is 10.3. The Bertz CT molecular complexity index is 639. The van der Waals surface area contributed by atoms with Crippen LogP contribution in [0.5, 0.6) is 0 Å². The highest BCUT2D eigenvalue weighted by molar-refractivity contribution is 6.13. The molecule has 146 valence electrons. The molecule has 0 amide bonds. The first-order chi connectivity index (χ1) is 12.4. The van der Waals surface area contributed by atoms with Gasteiger partial charge in [0.2, 0.25) is 0 Å². The zero-order valence-corrected chi connectivity index (χ0v) is 15.2. The monoisotopic (exact) mass is 372 g/mol. The van der Waals surface area contributed by atoms with Crippen molar-refractivity contribution in [1.29, 1.82) is 0 Å². The molecular formula is C16H24N2O8. The van der Waals surface area contributed by atoms with E-state index >= 15 is 0 Å². The first-order valence-corrected chi connectivity index (χ1v) is 8.01. The molecule has 0 bridgehead atoms. The van der Waals surface area contributed by atoms with E-state index in [2.05, 4.69) is 24.4 Å². The van der Waals surface area contributed by atoms with E-state index in [1.165, 1.54) is 6.20 Å². The van der Waals surface area contributed by atoms with Gasteiger partial charge < -0.3 is 24.0 Å². The zero-order chi connectivity index (χ0) is 19.9. The number of aromatic amines is 2.